The Labute approximate surface area is 134 Å². The van der Waals surface area contributed by atoms with Crippen molar-refractivity contribution >= 4 is 5.84 Å². The van der Waals surface area contributed by atoms with E-state index in [-0.39, 0.29) is 12.8 Å². The van der Waals surface area contributed by atoms with Crippen molar-refractivity contribution in [2.45, 2.75) is 26.6 Å². The third-order valence-electron chi connectivity index (χ3n) is 3.73. The number of ether oxygens (including phenoxy) is 1. The first-order chi connectivity index (χ1) is 11.0. The Morgan fingerprint density at radius 3 is 2.87 bits per heavy atom. The lowest BCUT2D eigenvalue weighted by Gasteiger charge is -2.26. The maximum atomic E-state index is 13.6. The minimum absolute atomic E-state index is 0.0469. The highest BCUT2D eigenvalue weighted by atomic mass is 19.1. The standard InChI is InChI=1S/C17H19F2N3O/c1-11(2)17-21-20-16-6-3-12(8-22(16)17)9-23-10-13-4-5-14(18)7-15(13)19/h3-8,11,16,20H,9-10H2,1-2H3. The number of benzene rings is 1. The molecular weight excluding hydrogens is 300 g/mol. The van der Waals surface area contributed by atoms with Gasteiger partial charge >= 0.3 is 0 Å². The number of hydrogen-bond donors (Lipinski definition) is 1. The number of fused-ring (bicyclic) bond motifs is 1. The monoisotopic (exact) mass is 319 g/mol. The van der Waals surface area contributed by atoms with Crippen molar-refractivity contribution < 1.29 is 13.5 Å². The van der Waals surface area contributed by atoms with E-state index in [9.17, 15) is 8.78 Å². The smallest absolute Gasteiger partial charge is 0.139 e. The highest BCUT2D eigenvalue weighted by molar-refractivity contribution is 5.87. The molecular formula is C17H19F2N3O. The average molecular weight is 319 g/mol. The van der Waals surface area contributed by atoms with E-state index < -0.39 is 11.6 Å². The number of hydrogen-bond acceptors (Lipinski definition) is 4. The first kappa shape index (κ1) is 15.7. The Bertz CT molecular complexity index is 682. The van der Waals surface area contributed by atoms with Gasteiger partial charge in [-0.3, -0.25) is 5.43 Å². The molecule has 2 aliphatic rings. The Morgan fingerprint density at radius 1 is 1.30 bits per heavy atom. The van der Waals surface area contributed by atoms with Gasteiger partial charge in [0.15, 0.2) is 0 Å². The largest absolute Gasteiger partial charge is 0.372 e. The van der Waals surface area contributed by atoms with Crippen molar-refractivity contribution in [2.75, 3.05) is 6.61 Å². The van der Waals surface area contributed by atoms with Crippen molar-refractivity contribution in [3.05, 3.63) is 59.3 Å². The van der Waals surface area contributed by atoms with E-state index in [0.29, 0.717) is 18.1 Å². The molecule has 1 aromatic rings. The lowest BCUT2D eigenvalue weighted by Crippen LogP contribution is -2.38. The predicted molar refractivity (Wildman–Crippen MR) is 84.3 cm³/mol. The second-order valence-corrected chi connectivity index (χ2v) is 5.90. The average Bonchev–Trinajstić information content (AvgIpc) is 2.93. The van der Waals surface area contributed by atoms with Gasteiger partial charge in [0.05, 0.1) is 13.2 Å². The molecule has 0 aromatic heterocycles. The van der Waals surface area contributed by atoms with Crippen LogP contribution in [0.3, 0.4) is 0 Å². The van der Waals surface area contributed by atoms with Crippen LogP contribution in [0.15, 0.2) is 47.2 Å². The number of halogens is 2. The number of hydrazone groups is 1. The van der Waals surface area contributed by atoms with E-state index in [1.54, 1.807) is 0 Å². The normalized spacial score (nSPS) is 19.5. The molecule has 1 atom stereocenters. The maximum Gasteiger partial charge on any atom is 0.139 e. The molecule has 3 rings (SSSR count). The molecule has 1 unspecified atom stereocenters. The van der Waals surface area contributed by atoms with E-state index in [4.69, 9.17) is 4.74 Å². The first-order valence-corrected chi connectivity index (χ1v) is 7.56. The molecule has 1 N–H and O–H groups in total. The van der Waals surface area contributed by atoms with Gasteiger partial charge in [0.2, 0.25) is 0 Å². The van der Waals surface area contributed by atoms with Crippen LogP contribution in [0.5, 0.6) is 0 Å². The fourth-order valence-corrected chi connectivity index (χ4v) is 2.54. The molecule has 0 radical (unpaired) electrons. The van der Waals surface area contributed by atoms with E-state index in [0.717, 1.165) is 17.5 Å². The van der Waals surface area contributed by atoms with Crippen LogP contribution < -0.4 is 5.43 Å². The van der Waals surface area contributed by atoms with E-state index >= 15 is 0 Å². The third-order valence-corrected chi connectivity index (χ3v) is 3.73. The molecule has 23 heavy (non-hydrogen) atoms. The van der Waals surface area contributed by atoms with Gasteiger partial charge in [0.25, 0.3) is 0 Å². The lowest BCUT2D eigenvalue weighted by atomic mass is 10.1. The second-order valence-electron chi connectivity index (χ2n) is 5.90. The minimum Gasteiger partial charge on any atom is -0.372 e. The summed E-state index contributed by atoms with van der Waals surface area (Å²) in [6.07, 6.45) is 6.01. The van der Waals surface area contributed by atoms with Gasteiger partial charge in [-0.2, -0.15) is 5.10 Å². The lowest BCUT2D eigenvalue weighted by molar-refractivity contribution is 0.140. The topological polar surface area (TPSA) is 36.9 Å². The van der Waals surface area contributed by atoms with Crippen molar-refractivity contribution in [2.24, 2.45) is 11.0 Å². The SMILES string of the molecule is CC(C)C1=NNC2C=CC(COCc3ccc(F)cc3F)=CN12. The summed E-state index contributed by atoms with van der Waals surface area (Å²) >= 11 is 0. The maximum absolute atomic E-state index is 13.6. The van der Waals surface area contributed by atoms with Crippen LogP contribution in [0.4, 0.5) is 8.78 Å². The van der Waals surface area contributed by atoms with Crippen LogP contribution in [-0.2, 0) is 11.3 Å². The summed E-state index contributed by atoms with van der Waals surface area (Å²) in [7, 11) is 0. The Kier molecular flexibility index (Phi) is 4.43. The summed E-state index contributed by atoms with van der Waals surface area (Å²) in [6.45, 7) is 4.62. The fraction of sp³-hybridized carbons (Fsp3) is 0.353. The van der Waals surface area contributed by atoms with Crippen molar-refractivity contribution in [3.8, 4) is 0 Å². The summed E-state index contributed by atoms with van der Waals surface area (Å²) in [5.74, 6) is 0.112. The molecule has 2 aliphatic heterocycles. The minimum atomic E-state index is -0.587. The molecule has 2 heterocycles. The van der Waals surface area contributed by atoms with Gasteiger partial charge in [-0.15, -0.1) is 0 Å². The van der Waals surface area contributed by atoms with E-state index in [1.165, 1.54) is 12.1 Å². The zero-order valence-corrected chi connectivity index (χ0v) is 13.1. The van der Waals surface area contributed by atoms with Crippen molar-refractivity contribution in [1.29, 1.82) is 0 Å². The van der Waals surface area contributed by atoms with E-state index in [2.05, 4.69) is 29.3 Å². The molecule has 1 aromatic carbocycles. The number of amidine groups is 1. The first-order valence-electron chi connectivity index (χ1n) is 7.56. The summed E-state index contributed by atoms with van der Waals surface area (Å²) in [6, 6.07) is 3.50. The number of nitrogens with zero attached hydrogens (tertiary/aromatic N) is 2. The van der Waals surface area contributed by atoms with Crippen LogP contribution in [0.2, 0.25) is 0 Å². The number of rotatable bonds is 5. The summed E-state index contributed by atoms with van der Waals surface area (Å²) < 4.78 is 32.0. The van der Waals surface area contributed by atoms with Gasteiger partial charge in [-0.05, 0) is 17.7 Å². The Hall–Kier alpha value is -2.21. The zero-order valence-electron chi connectivity index (χ0n) is 13.1. The highest BCUT2D eigenvalue weighted by Crippen LogP contribution is 2.21. The molecule has 0 bridgehead atoms. The molecule has 0 aliphatic carbocycles. The van der Waals surface area contributed by atoms with Gasteiger partial charge in [-0.25, -0.2) is 8.78 Å². The third kappa shape index (κ3) is 3.42. The van der Waals surface area contributed by atoms with Gasteiger partial charge in [0.1, 0.15) is 23.6 Å². The second kappa shape index (κ2) is 6.50. The summed E-state index contributed by atoms with van der Waals surface area (Å²) in [5.41, 5.74) is 4.38. The van der Waals surface area contributed by atoms with Crippen LogP contribution in [-0.4, -0.2) is 23.5 Å². The molecule has 4 nitrogen and oxygen atoms in total. The molecule has 0 amide bonds. The van der Waals surface area contributed by atoms with Gasteiger partial charge in [-0.1, -0.05) is 26.0 Å². The fourth-order valence-electron chi connectivity index (χ4n) is 2.54. The molecule has 0 spiro atoms. The zero-order chi connectivity index (χ0) is 16.4. The van der Waals surface area contributed by atoms with Gasteiger partial charge < -0.3 is 9.64 Å². The summed E-state index contributed by atoms with van der Waals surface area (Å²) in [4.78, 5) is 2.07. The van der Waals surface area contributed by atoms with E-state index in [1.807, 2.05) is 18.4 Å². The van der Waals surface area contributed by atoms with Crippen molar-refractivity contribution in [1.82, 2.24) is 10.3 Å². The van der Waals surface area contributed by atoms with Crippen LogP contribution in [0.1, 0.15) is 19.4 Å². The number of nitrogens with one attached hydrogen (secondary N) is 1. The quantitative estimate of drug-likeness (QED) is 0.906. The molecule has 6 heteroatoms. The highest BCUT2D eigenvalue weighted by Gasteiger charge is 2.28. The Morgan fingerprint density at radius 2 is 2.13 bits per heavy atom. The Balaban J connectivity index is 1.59. The van der Waals surface area contributed by atoms with Gasteiger partial charge in [0, 0.05) is 23.7 Å². The predicted octanol–water partition coefficient (Wildman–Crippen LogP) is 3.14. The van der Waals surface area contributed by atoms with Crippen LogP contribution in [0.25, 0.3) is 0 Å². The summed E-state index contributed by atoms with van der Waals surface area (Å²) in [5, 5.41) is 4.33. The molecule has 0 fully saturated rings. The molecule has 0 saturated carbocycles. The van der Waals surface area contributed by atoms with Crippen LogP contribution >= 0.6 is 0 Å². The molecule has 0 saturated heterocycles. The van der Waals surface area contributed by atoms with Crippen LogP contribution in [0, 0.1) is 17.6 Å². The van der Waals surface area contributed by atoms with Crippen molar-refractivity contribution in [3.63, 3.8) is 0 Å². The molecule has 122 valence electrons.